The standard InChI is InChI=1S/C41H39P3.C2H6O2.Co/c1-41(32-42(35-20-8-2-9-21-35)36-22-10-3-11-23-36,33-43(37-24-12-4-13-25-37)38-26-14-5-15-27-38)34-44(39-28-16-6-17-29-39)40-30-18-7-19-31-40;1-2(3)4;/h2-31H,32-34H2,1H3;2-4H,1H3;/p+3. The molecule has 0 aliphatic carbocycles. The molecule has 1 radical (unpaired) electrons. The molecule has 0 amide bonds. The van der Waals surface area contributed by atoms with E-state index in [-0.39, 0.29) is 22.2 Å². The summed E-state index contributed by atoms with van der Waals surface area (Å²) in [5, 5.41) is 24.3. The van der Waals surface area contributed by atoms with Gasteiger partial charge in [0.15, 0.2) is 0 Å². The maximum atomic E-state index is 7.61. The van der Waals surface area contributed by atoms with Crippen LogP contribution in [0.4, 0.5) is 0 Å². The quantitative estimate of drug-likeness (QED) is 0.106. The maximum Gasteiger partial charge on any atom is 0.148 e. The van der Waals surface area contributed by atoms with Crippen LogP contribution in [0.25, 0.3) is 0 Å². The van der Waals surface area contributed by atoms with Crippen LogP contribution in [-0.2, 0) is 16.8 Å². The molecule has 0 aliphatic rings. The monoisotopic (exact) mass is 748 g/mol. The topological polar surface area (TPSA) is 40.5 Å². The predicted molar refractivity (Wildman–Crippen MR) is 218 cm³/mol. The number of benzene rings is 6. The molecule has 0 heterocycles. The zero-order valence-corrected chi connectivity index (χ0v) is 32.3. The minimum atomic E-state index is -1.17. The van der Waals surface area contributed by atoms with E-state index in [0.717, 1.165) is 0 Å². The third-order valence-corrected chi connectivity index (χ3v) is 18.3. The van der Waals surface area contributed by atoms with Crippen LogP contribution in [0.3, 0.4) is 0 Å². The van der Waals surface area contributed by atoms with Crippen molar-refractivity contribution in [1.82, 2.24) is 0 Å². The van der Waals surface area contributed by atoms with E-state index in [1.807, 2.05) is 0 Å². The van der Waals surface area contributed by atoms with Crippen LogP contribution in [-0.4, -0.2) is 35.0 Å². The van der Waals surface area contributed by atoms with Crippen molar-refractivity contribution >= 4 is 55.6 Å². The van der Waals surface area contributed by atoms with Gasteiger partial charge in [-0.05, 0) is 86.6 Å². The molecule has 6 rings (SSSR count). The Morgan fingerprint density at radius 3 is 0.673 bits per heavy atom. The molecule has 0 saturated carbocycles. The molecule has 0 unspecified atom stereocenters. The van der Waals surface area contributed by atoms with Crippen LogP contribution in [0.2, 0.25) is 0 Å². The summed E-state index contributed by atoms with van der Waals surface area (Å²) < 4.78 is 0. The van der Waals surface area contributed by atoms with Crippen molar-refractivity contribution in [3.8, 4) is 0 Å². The number of aliphatic hydroxyl groups is 2. The molecule has 0 bridgehead atoms. The third kappa shape index (κ3) is 11.8. The summed E-state index contributed by atoms with van der Waals surface area (Å²) in [4.78, 5) is 0. The van der Waals surface area contributed by atoms with Crippen LogP contribution in [0, 0.1) is 5.41 Å². The molecule has 6 aromatic carbocycles. The minimum Gasteiger partial charge on any atom is -0.368 e. The first-order valence-corrected chi connectivity index (χ1v) is 21.8. The zero-order valence-electron chi connectivity index (χ0n) is 28.2. The maximum absolute atomic E-state index is 7.61. The fraction of sp³-hybridized carbons (Fsp3) is 0.163. The Hall–Kier alpha value is -2.96. The fourth-order valence-corrected chi connectivity index (χ4v) is 16.3. The fourth-order valence-electron chi connectivity index (χ4n) is 6.42. The molecule has 0 aromatic heterocycles. The first-order valence-electron chi connectivity index (χ1n) is 16.7. The van der Waals surface area contributed by atoms with Crippen molar-refractivity contribution < 1.29 is 27.0 Å². The van der Waals surface area contributed by atoms with Gasteiger partial charge in [0.25, 0.3) is 0 Å². The van der Waals surface area contributed by atoms with Crippen molar-refractivity contribution in [2.75, 3.05) is 18.5 Å². The van der Waals surface area contributed by atoms with Gasteiger partial charge in [0.2, 0.25) is 0 Å². The van der Waals surface area contributed by atoms with Crippen LogP contribution >= 0.6 is 23.8 Å². The normalized spacial score (nSPS) is 11.3. The van der Waals surface area contributed by atoms with Crippen molar-refractivity contribution in [2.24, 2.45) is 5.41 Å². The molecular formula is C43H48CoO2P3+3. The van der Waals surface area contributed by atoms with Gasteiger partial charge in [0.1, 0.15) is 6.29 Å². The summed E-state index contributed by atoms with van der Waals surface area (Å²) in [6.07, 6.45) is 2.44. The Balaban J connectivity index is 0.00000103. The molecule has 0 atom stereocenters. The summed E-state index contributed by atoms with van der Waals surface area (Å²) >= 11 is 0. The average Bonchev–Trinajstić information content (AvgIpc) is 3.14. The van der Waals surface area contributed by atoms with Gasteiger partial charge < -0.3 is 10.2 Å². The summed E-state index contributed by atoms with van der Waals surface area (Å²) in [6, 6.07) is 68.2. The molecule has 0 fully saturated rings. The Morgan fingerprint density at radius 1 is 0.388 bits per heavy atom. The van der Waals surface area contributed by atoms with Gasteiger partial charge in [-0.3, -0.25) is 0 Å². The second kappa shape index (κ2) is 20.0. The second-order valence-electron chi connectivity index (χ2n) is 12.6. The zero-order chi connectivity index (χ0) is 33.6. The first-order chi connectivity index (χ1) is 23.4. The van der Waals surface area contributed by atoms with Crippen molar-refractivity contribution in [1.29, 1.82) is 0 Å². The average molecular weight is 749 g/mol. The molecule has 2 N–H and O–H groups in total. The van der Waals surface area contributed by atoms with Gasteiger partial charge in [-0.15, -0.1) is 0 Å². The van der Waals surface area contributed by atoms with E-state index in [1.54, 1.807) is 0 Å². The predicted octanol–water partition coefficient (Wildman–Crippen LogP) is 6.90. The van der Waals surface area contributed by atoms with E-state index < -0.39 is 30.1 Å². The summed E-state index contributed by atoms with van der Waals surface area (Å²) in [5.74, 6) is 0. The molecule has 0 saturated heterocycles. The van der Waals surface area contributed by atoms with E-state index in [9.17, 15) is 0 Å². The van der Waals surface area contributed by atoms with Gasteiger partial charge in [-0.25, -0.2) is 0 Å². The Labute approximate surface area is 307 Å². The van der Waals surface area contributed by atoms with Gasteiger partial charge in [0, 0.05) is 16.8 Å². The molecule has 253 valence electrons. The number of aliphatic hydroxyl groups excluding tert-OH is 1. The van der Waals surface area contributed by atoms with E-state index in [1.165, 1.54) is 57.2 Å². The van der Waals surface area contributed by atoms with E-state index in [0.29, 0.717) is 0 Å². The SMILES string of the molecule is CC(C[PH+](c1ccccc1)c1ccccc1)(C[PH+](c1ccccc1)c1ccccc1)C[PH+](c1ccccc1)c1ccccc1.CC(O)O.[Co]. The molecule has 0 aliphatic heterocycles. The van der Waals surface area contributed by atoms with E-state index in [4.69, 9.17) is 10.2 Å². The van der Waals surface area contributed by atoms with Gasteiger partial charge in [-0.2, -0.15) is 0 Å². The Bertz CT molecular complexity index is 1420. The molecule has 2 nitrogen and oxygen atoms in total. The van der Waals surface area contributed by atoms with Gasteiger partial charge >= 0.3 is 0 Å². The molecule has 49 heavy (non-hydrogen) atoms. The van der Waals surface area contributed by atoms with E-state index in [2.05, 4.69) is 189 Å². The smallest absolute Gasteiger partial charge is 0.148 e. The van der Waals surface area contributed by atoms with E-state index >= 15 is 0 Å². The van der Waals surface area contributed by atoms with Crippen molar-refractivity contribution in [3.63, 3.8) is 0 Å². The van der Waals surface area contributed by atoms with Crippen molar-refractivity contribution in [2.45, 2.75) is 20.1 Å². The summed E-state index contributed by atoms with van der Waals surface area (Å²) in [6.45, 7) is 3.91. The first kappa shape index (κ1) is 38.8. The second-order valence-corrected chi connectivity index (χ2v) is 20.0. The molecule has 6 aromatic rings. The molecule has 0 spiro atoms. The molecular weight excluding hydrogens is 700 g/mol. The number of rotatable bonds is 12. The van der Waals surface area contributed by atoms with Crippen molar-refractivity contribution in [3.05, 3.63) is 182 Å². The van der Waals surface area contributed by atoms with Crippen LogP contribution in [0.5, 0.6) is 0 Å². The van der Waals surface area contributed by atoms with Crippen LogP contribution < -0.4 is 31.8 Å². The van der Waals surface area contributed by atoms with Gasteiger partial charge in [0.05, 0.1) is 79.5 Å². The number of hydrogen-bond donors (Lipinski definition) is 2. The summed E-state index contributed by atoms with van der Waals surface area (Å²) in [7, 11) is -3.12. The largest absolute Gasteiger partial charge is 0.368 e. The molecule has 6 heteroatoms. The third-order valence-electron chi connectivity index (χ3n) is 8.54. The van der Waals surface area contributed by atoms with Crippen LogP contribution in [0.1, 0.15) is 13.8 Å². The summed E-state index contributed by atoms with van der Waals surface area (Å²) in [5.41, 5.74) is 0.125. The Kier molecular flexibility index (Phi) is 15.9. The Morgan fingerprint density at radius 2 is 0.531 bits per heavy atom. The van der Waals surface area contributed by atoms with Gasteiger partial charge in [-0.1, -0.05) is 109 Å². The minimum absolute atomic E-state index is 0. The van der Waals surface area contributed by atoms with Crippen LogP contribution in [0.15, 0.2) is 182 Å². The number of hydrogen-bond acceptors (Lipinski definition) is 2.